The number of carboxylic acid groups (broad SMARTS) is 1. The first-order chi connectivity index (χ1) is 10.1. The zero-order valence-electron chi connectivity index (χ0n) is 13.0. The van der Waals surface area contributed by atoms with E-state index >= 15 is 0 Å². The molecule has 2 aliphatic carbocycles. The average molecular weight is 313 g/mol. The summed E-state index contributed by atoms with van der Waals surface area (Å²) >= 11 is 1.91. The van der Waals surface area contributed by atoms with Gasteiger partial charge in [-0.05, 0) is 37.4 Å². The molecule has 120 valence electrons. The van der Waals surface area contributed by atoms with Gasteiger partial charge in [0, 0.05) is 11.3 Å². The van der Waals surface area contributed by atoms with E-state index in [1.165, 1.54) is 0 Å². The summed E-state index contributed by atoms with van der Waals surface area (Å²) in [5.74, 6) is -0.208. The van der Waals surface area contributed by atoms with E-state index < -0.39 is 11.9 Å². The molecule has 5 atom stereocenters. The predicted octanol–water partition coefficient (Wildman–Crippen LogP) is 2.91. The van der Waals surface area contributed by atoms with Crippen molar-refractivity contribution in [1.82, 2.24) is 5.32 Å². The molecule has 0 radical (unpaired) electrons. The number of amides is 1. The van der Waals surface area contributed by atoms with Crippen molar-refractivity contribution in [1.29, 1.82) is 0 Å². The molecule has 2 rings (SSSR count). The molecule has 5 heteroatoms. The van der Waals surface area contributed by atoms with E-state index in [2.05, 4.69) is 19.2 Å². The lowest BCUT2D eigenvalue weighted by Gasteiger charge is -2.23. The third kappa shape index (κ3) is 3.93. The quantitative estimate of drug-likeness (QED) is 0.791. The summed E-state index contributed by atoms with van der Waals surface area (Å²) in [6, 6.07) is 0.234. The molecule has 0 saturated heterocycles. The van der Waals surface area contributed by atoms with Crippen molar-refractivity contribution in [3.05, 3.63) is 0 Å². The van der Waals surface area contributed by atoms with E-state index in [1.807, 2.05) is 11.8 Å². The molecule has 0 aromatic rings. The third-order valence-corrected chi connectivity index (χ3v) is 6.38. The van der Waals surface area contributed by atoms with Crippen LogP contribution >= 0.6 is 11.8 Å². The van der Waals surface area contributed by atoms with E-state index in [0.717, 1.165) is 37.9 Å². The van der Waals surface area contributed by atoms with E-state index in [1.54, 1.807) is 0 Å². The number of carbonyl (C=O) groups excluding carboxylic acids is 1. The van der Waals surface area contributed by atoms with E-state index in [4.69, 9.17) is 0 Å². The fraction of sp³-hybridized carbons (Fsp3) is 0.875. The highest BCUT2D eigenvalue weighted by Crippen LogP contribution is 2.39. The molecule has 2 saturated carbocycles. The Bertz CT molecular complexity index is 388. The average Bonchev–Trinajstić information content (AvgIpc) is 3.06. The largest absolute Gasteiger partial charge is 0.481 e. The summed E-state index contributed by atoms with van der Waals surface area (Å²) in [6.45, 7) is 4.22. The van der Waals surface area contributed by atoms with Crippen LogP contribution in [0.5, 0.6) is 0 Å². The molecule has 0 aromatic heterocycles. The monoisotopic (exact) mass is 313 g/mol. The van der Waals surface area contributed by atoms with Gasteiger partial charge in [-0.1, -0.05) is 26.7 Å². The smallest absolute Gasteiger partial charge is 0.307 e. The standard InChI is InChI=1S/C16H27NO3S/c1-3-10-8-11(12(9-10)16(19)20)15(18)17-13-6-5-7-14(13)21-4-2/h10-14H,3-9H2,1-2H3,(H,17,18)(H,19,20). The lowest BCUT2D eigenvalue weighted by Crippen LogP contribution is -2.43. The topological polar surface area (TPSA) is 66.4 Å². The molecular formula is C16H27NO3S. The van der Waals surface area contributed by atoms with Crippen LogP contribution in [0.1, 0.15) is 52.4 Å². The number of rotatable bonds is 6. The Labute approximate surface area is 131 Å². The molecule has 2 N–H and O–H groups in total. The van der Waals surface area contributed by atoms with Crippen LogP contribution in [-0.2, 0) is 9.59 Å². The van der Waals surface area contributed by atoms with Gasteiger partial charge in [0.1, 0.15) is 0 Å². The Kier molecular flexibility index (Phi) is 5.97. The predicted molar refractivity (Wildman–Crippen MR) is 85.3 cm³/mol. The number of hydrogen-bond acceptors (Lipinski definition) is 3. The van der Waals surface area contributed by atoms with Crippen LogP contribution in [0.25, 0.3) is 0 Å². The Morgan fingerprint density at radius 2 is 1.90 bits per heavy atom. The van der Waals surface area contributed by atoms with Gasteiger partial charge in [-0.2, -0.15) is 11.8 Å². The van der Waals surface area contributed by atoms with Crippen molar-refractivity contribution in [3.8, 4) is 0 Å². The Morgan fingerprint density at radius 1 is 1.19 bits per heavy atom. The van der Waals surface area contributed by atoms with Crippen LogP contribution < -0.4 is 5.32 Å². The van der Waals surface area contributed by atoms with E-state index in [9.17, 15) is 14.7 Å². The van der Waals surface area contributed by atoms with Crippen LogP contribution in [0.3, 0.4) is 0 Å². The maximum atomic E-state index is 12.5. The SMILES string of the molecule is CCSC1CCCC1NC(=O)C1CC(CC)CC1C(=O)O. The molecule has 0 aromatic carbocycles. The van der Waals surface area contributed by atoms with E-state index in [0.29, 0.717) is 17.6 Å². The van der Waals surface area contributed by atoms with Crippen LogP contribution in [-0.4, -0.2) is 34.0 Å². The molecule has 5 unspecified atom stereocenters. The zero-order valence-corrected chi connectivity index (χ0v) is 13.8. The normalized spacial score (nSPS) is 35.8. The number of carbonyl (C=O) groups is 2. The highest BCUT2D eigenvalue weighted by molar-refractivity contribution is 7.99. The lowest BCUT2D eigenvalue weighted by molar-refractivity contribution is -0.146. The van der Waals surface area contributed by atoms with Gasteiger partial charge in [0.05, 0.1) is 11.8 Å². The molecule has 2 fully saturated rings. The van der Waals surface area contributed by atoms with Crippen molar-refractivity contribution in [2.75, 3.05) is 5.75 Å². The van der Waals surface area contributed by atoms with Crippen molar-refractivity contribution < 1.29 is 14.7 Å². The molecule has 1 amide bonds. The molecule has 2 aliphatic rings. The Morgan fingerprint density at radius 3 is 2.52 bits per heavy atom. The number of nitrogens with one attached hydrogen (secondary N) is 1. The molecule has 0 heterocycles. The second-order valence-corrected chi connectivity index (χ2v) is 7.85. The minimum Gasteiger partial charge on any atom is -0.481 e. The first kappa shape index (κ1) is 16.7. The Hall–Kier alpha value is -0.710. The Balaban J connectivity index is 1.96. The summed E-state index contributed by atoms with van der Waals surface area (Å²) < 4.78 is 0. The van der Waals surface area contributed by atoms with Gasteiger partial charge >= 0.3 is 5.97 Å². The van der Waals surface area contributed by atoms with Gasteiger partial charge in [0.25, 0.3) is 0 Å². The van der Waals surface area contributed by atoms with Gasteiger partial charge in [0.15, 0.2) is 0 Å². The minimum atomic E-state index is -0.808. The van der Waals surface area contributed by atoms with Crippen molar-refractivity contribution in [2.45, 2.75) is 63.7 Å². The van der Waals surface area contributed by atoms with Crippen LogP contribution in [0.4, 0.5) is 0 Å². The summed E-state index contributed by atoms with van der Waals surface area (Å²) in [7, 11) is 0. The van der Waals surface area contributed by atoms with Crippen LogP contribution in [0.15, 0.2) is 0 Å². The van der Waals surface area contributed by atoms with Crippen LogP contribution in [0, 0.1) is 17.8 Å². The van der Waals surface area contributed by atoms with Crippen molar-refractivity contribution in [3.63, 3.8) is 0 Å². The van der Waals surface area contributed by atoms with Gasteiger partial charge < -0.3 is 10.4 Å². The first-order valence-corrected chi connectivity index (χ1v) is 9.26. The molecular weight excluding hydrogens is 286 g/mol. The number of hydrogen-bond donors (Lipinski definition) is 2. The van der Waals surface area contributed by atoms with Crippen molar-refractivity contribution >= 4 is 23.6 Å². The molecule has 0 aliphatic heterocycles. The number of carboxylic acids is 1. The summed E-state index contributed by atoms with van der Waals surface area (Å²) in [6.07, 6.45) is 5.71. The highest BCUT2D eigenvalue weighted by Gasteiger charge is 2.43. The lowest BCUT2D eigenvalue weighted by atomic mass is 9.95. The fourth-order valence-corrected chi connectivity index (χ4v) is 5.03. The van der Waals surface area contributed by atoms with E-state index in [-0.39, 0.29) is 17.9 Å². The van der Waals surface area contributed by atoms with Gasteiger partial charge in [0.2, 0.25) is 5.91 Å². The summed E-state index contributed by atoms with van der Waals surface area (Å²) in [5.41, 5.74) is 0. The maximum Gasteiger partial charge on any atom is 0.307 e. The maximum absolute atomic E-state index is 12.5. The first-order valence-electron chi connectivity index (χ1n) is 8.21. The second-order valence-electron chi connectivity index (χ2n) is 6.34. The van der Waals surface area contributed by atoms with Gasteiger partial charge in [-0.25, -0.2) is 0 Å². The molecule has 21 heavy (non-hydrogen) atoms. The molecule has 0 spiro atoms. The summed E-state index contributed by atoms with van der Waals surface area (Å²) in [5, 5.41) is 13.0. The second kappa shape index (κ2) is 7.52. The molecule has 0 bridgehead atoms. The highest BCUT2D eigenvalue weighted by atomic mass is 32.2. The fourth-order valence-electron chi connectivity index (χ4n) is 3.83. The van der Waals surface area contributed by atoms with Gasteiger partial charge in [-0.3, -0.25) is 9.59 Å². The minimum absolute atomic E-state index is 0.0213. The van der Waals surface area contributed by atoms with Gasteiger partial charge in [-0.15, -0.1) is 0 Å². The summed E-state index contributed by atoms with van der Waals surface area (Å²) in [4.78, 5) is 23.9. The van der Waals surface area contributed by atoms with Crippen molar-refractivity contribution in [2.24, 2.45) is 17.8 Å². The third-order valence-electron chi connectivity index (χ3n) is 5.05. The van der Waals surface area contributed by atoms with Crippen LogP contribution in [0.2, 0.25) is 0 Å². The number of aliphatic carboxylic acids is 1. The zero-order chi connectivity index (χ0) is 15.4. The molecule has 4 nitrogen and oxygen atoms in total. The number of thioether (sulfide) groups is 1.